The SMILES string of the molecule is c1ccc(C2(c3ccccc3)c3ccccc3-c3ccc(N(c4ccc(-c5cc6ccccc6c6ccccc56)cc4)c4ccc5oc6ccccc6c5c4)cc32)cc1. The third-order valence-corrected chi connectivity index (χ3v) is 12.5. The van der Waals surface area contributed by atoms with Crippen molar-refractivity contribution in [3.8, 4) is 22.3 Å². The van der Waals surface area contributed by atoms with Crippen LogP contribution in [-0.2, 0) is 5.41 Å². The summed E-state index contributed by atoms with van der Waals surface area (Å²) >= 11 is 0. The summed E-state index contributed by atoms with van der Waals surface area (Å²) in [6.07, 6.45) is 0. The summed E-state index contributed by atoms with van der Waals surface area (Å²) in [5.41, 5.74) is 14.5. The molecule has 276 valence electrons. The number of hydrogen-bond acceptors (Lipinski definition) is 2. The lowest BCUT2D eigenvalue weighted by Gasteiger charge is -2.35. The largest absolute Gasteiger partial charge is 0.456 e. The van der Waals surface area contributed by atoms with E-state index in [9.17, 15) is 0 Å². The van der Waals surface area contributed by atoms with Crippen molar-refractivity contribution in [1.29, 1.82) is 0 Å². The molecule has 0 saturated heterocycles. The molecule has 1 aliphatic rings. The van der Waals surface area contributed by atoms with Crippen molar-refractivity contribution >= 4 is 60.5 Å². The van der Waals surface area contributed by atoms with Crippen LogP contribution in [0.4, 0.5) is 17.1 Å². The predicted molar refractivity (Wildman–Crippen MR) is 246 cm³/mol. The number of furan rings is 1. The summed E-state index contributed by atoms with van der Waals surface area (Å²) in [6.45, 7) is 0. The number of benzene rings is 10. The molecule has 0 N–H and O–H groups in total. The first kappa shape index (κ1) is 33.5. The second kappa shape index (κ2) is 13.2. The minimum Gasteiger partial charge on any atom is -0.456 e. The summed E-state index contributed by atoms with van der Waals surface area (Å²) in [4.78, 5) is 2.41. The molecule has 1 heterocycles. The summed E-state index contributed by atoms with van der Waals surface area (Å²) in [6, 6.07) is 81.9. The lowest BCUT2D eigenvalue weighted by molar-refractivity contribution is 0.669. The molecule has 0 fully saturated rings. The molecule has 10 aromatic carbocycles. The second-order valence-corrected chi connectivity index (χ2v) is 15.6. The molecular weight excluding hydrogens is 715 g/mol. The molecule has 0 atom stereocenters. The van der Waals surface area contributed by atoms with E-state index in [2.05, 4.69) is 217 Å². The van der Waals surface area contributed by atoms with Gasteiger partial charge in [0.2, 0.25) is 0 Å². The molecule has 0 amide bonds. The topological polar surface area (TPSA) is 16.4 Å². The number of rotatable bonds is 6. The first-order chi connectivity index (χ1) is 29.3. The van der Waals surface area contributed by atoms with Crippen LogP contribution in [0.25, 0.3) is 65.7 Å². The Morgan fingerprint density at radius 2 is 0.881 bits per heavy atom. The van der Waals surface area contributed by atoms with E-state index in [1.54, 1.807) is 0 Å². The average molecular weight is 752 g/mol. The number of para-hydroxylation sites is 1. The van der Waals surface area contributed by atoms with E-state index >= 15 is 0 Å². The molecule has 2 nitrogen and oxygen atoms in total. The van der Waals surface area contributed by atoms with E-state index in [0.29, 0.717) is 0 Å². The van der Waals surface area contributed by atoms with E-state index in [4.69, 9.17) is 4.42 Å². The van der Waals surface area contributed by atoms with E-state index in [1.807, 2.05) is 12.1 Å². The molecule has 1 aromatic heterocycles. The van der Waals surface area contributed by atoms with Crippen LogP contribution in [0.1, 0.15) is 22.3 Å². The number of fused-ring (bicyclic) bond motifs is 9. The molecule has 11 aromatic rings. The fraction of sp³-hybridized carbons (Fsp3) is 0.0175. The van der Waals surface area contributed by atoms with E-state index in [0.717, 1.165) is 39.0 Å². The average Bonchev–Trinajstić information content (AvgIpc) is 3.83. The summed E-state index contributed by atoms with van der Waals surface area (Å²) in [5, 5.41) is 7.25. The molecule has 0 bridgehead atoms. The zero-order valence-corrected chi connectivity index (χ0v) is 32.2. The normalized spacial score (nSPS) is 12.9. The third kappa shape index (κ3) is 5.06. The van der Waals surface area contributed by atoms with Crippen LogP contribution in [0.2, 0.25) is 0 Å². The molecule has 0 radical (unpaired) electrons. The molecule has 0 saturated carbocycles. The molecule has 2 heteroatoms. The van der Waals surface area contributed by atoms with Crippen LogP contribution < -0.4 is 4.90 Å². The zero-order valence-electron chi connectivity index (χ0n) is 32.2. The van der Waals surface area contributed by atoms with Gasteiger partial charge in [-0.1, -0.05) is 170 Å². The van der Waals surface area contributed by atoms with Gasteiger partial charge in [-0.2, -0.15) is 0 Å². The van der Waals surface area contributed by atoms with Gasteiger partial charge in [0.15, 0.2) is 0 Å². The van der Waals surface area contributed by atoms with Gasteiger partial charge >= 0.3 is 0 Å². The Labute approximate surface area is 342 Å². The van der Waals surface area contributed by atoms with Gasteiger partial charge in [-0.15, -0.1) is 0 Å². The van der Waals surface area contributed by atoms with Gasteiger partial charge in [0.1, 0.15) is 11.2 Å². The van der Waals surface area contributed by atoms with Crippen LogP contribution in [0.15, 0.2) is 229 Å². The smallest absolute Gasteiger partial charge is 0.135 e. The minimum absolute atomic E-state index is 0.512. The van der Waals surface area contributed by atoms with E-state index in [-0.39, 0.29) is 0 Å². The third-order valence-electron chi connectivity index (χ3n) is 12.5. The summed E-state index contributed by atoms with van der Waals surface area (Å²) in [5.74, 6) is 0. The van der Waals surface area contributed by atoms with Gasteiger partial charge in [-0.05, 0) is 121 Å². The van der Waals surface area contributed by atoms with Crippen molar-refractivity contribution in [1.82, 2.24) is 0 Å². The Balaban J connectivity index is 1.09. The standard InChI is InChI=1S/C57H37NO/c1-3-16-40(17-4-1)57(41-18-5-2-6-19-41)53-25-13-11-23-48(53)49-33-31-44(37-54(49)57)58(43-32-34-56-52(36-43)50-24-12-14-26-55(50)59-56)42-29-27-38(28-30-42)51-35-39-15-7-8-20-45(39)46-21-9-10-22-47(46)51/h1-37H. The Kier molecular flexibility index (Phi) is 7.48. The van der Waals surface area contributed by atoms with Gasteiger partial charge in [0.25, 0.3) is 0 Å². The maximum atomic E-state index is 6.33. The first-order valence-electron chi connectivity index (χ1n) is 20.3. The molecular formula is C57H37NO. The Bertz CT molecular complexity index is 3340. The van der Waals surface area contributed by atoms with Crippen molar-refractivity contribution in [2.24, 2.45) is 0 Å². The van der Waals surface area contributed by atoms with Gasteiger partial charge in [0, 0.05) is 27.8 Å². The molecule has 0 unspecified atom stereocenters. The zero-order chi connectivity index (χ0) is 38.9. The maximum Gasteiger partial charge on any atom is 0.135 e. The molecule has 0 aliphatic heterocycles. The Hall–Kier alpha value is -7.68. The van der Waals surface area contributed by atoms with E-state index in [1.165, 1.54) is 66.1 Å². The van der Waals surface area contributed by atoms with Crippen molar-refractivity contribution < 1.29 is 4.42 Å². The second-order valence-electron chi connectivity index (χ2n) is 15.6. The number of nitrogens with zero attached hydrogens (tertiary/aromatic N) is 1. The minimum atomic E-state index is -0.512. The lowest BCUT2D eigenvalue weighted by Crippen LogP contribution is -2.28. The van der Waals surface area contributed by atoms with Crippen molar-refractivity contribution in [2.45, 2.75) is 5.41 Å². The Morgan fingerprint density at radius 3 is 1.66 bits per heavy atom. The molecule has 59 heavy (non-hydrogen) atoms. The quantitative estimate of drug-likeness (QED) is 0.157. The van der Waals surface area contributed by atoms with Crippen molar-refractivity contribution in [3.63, 3.8) is 0 Å². The molecule has 12 rings (SSSR count). The fourth-order valence-corrected chi connectivity index (χ4v) is 9.96. The van der Waals surface area contributed by atoms with Gasteiger partial charge in [0.05, 0.1) is 5.41 Å². The van der Waals surface area contributed by atoms with Gasteiger partial charge in [-0.25, -0.2) is 0 Å². The highest BCUT2D eigenvalue weighted by molar-refractivity contribution is 6.14. The predicted octanol–water partition coefficient (Wildman–Crippen LogP) is 15.4. The maximum absolute atomic E-state index is 6.33. The van der Waals surface area contributed by atoms with E-state index < -0.39 is 5.41 Å². The number of hydrogen-bond donors (Lipinski definition) is 0. The van der Waals surface area contributed by atoms with Crippen molar-refractivity contribution in [3.05, 3.63) is 247 Å². The Morgan fingerprint density at radius 1 is 0.322 bits per heavy atom. The number of anilines is 3. The highest BCUT2D eigenvalue weighted by Crippen LogP contribution is 2.57. The van der Waals surface area contributed by atoms with Crippen LogP contribution >= 0.6 is 0 Å². The van der Waals surface area contributed by atoms with Crippen LogP contribution in [0, 0.1) is 0 Å². The lowest BCUT2D eigenvalue weighted by atomic mass is 9.67. The molecule has 0 spiro atoms. The highest BCUT2D eigenvalue weighted by atomic mass is 16.3. The van der Waals surface area contributed by atoms with Crippen molar-refractivity contribution in [2.75, 3.05) is 4.90 Å². The van der Waals surface area contributed by atoms with Crippen LogP contribution in [-0.4, -0.2) is 0 Å². The monoisotopic (exact) mass is 751 g/mol. The summed E-state index contributed by atoms with van der Waals surface area (Å²) in [7, 11) is 0. The first-order valence-corrected chi connectivity index (χ1v) is 20.3. The highest BCUT2D eigenvalue weighted by Gasteiger charge is 2.46. The fourth-order valence-electron chi connectivity index (χ4n) is 9.96. The van der Waals surface area contributed by atoms with Gasteiger partial charge < -0.3 is 9.32 Å². The summed E-state index contributed by atoms with van der Waals surface area (Å²) < 4.78 is 6.33. The van der Waals surface area contributed by atoms with Gasteiger partial charge in [-0.3, -0.25) is 0 Å². The van der Waals surface area contributed by atoms with Crippen LogP contribution in [0.3, 0.4) is 0 Å². The molecule has 1 aliphatic carbocycles. The van der Waals surface area contributed by atoms with Crippen LogP contribution in [0.5, 0.6) is 0 Å².